The van der Waals surface area contributed by atoms with Gasteiger partial charge in [-0.2, -0.15) is 4.31 Å². The van der Waals surface area contributed by atoms with Gasteiger partial charge >= 0.3 is 0 Å². The van der Waals surface area contributed by atoms with Crippen molar-refractivity contribution in [2.45, 2.75) is 18.7 Å². The Hall–Kier alpha value is -2.98. The van der Waals surface area contributed by atoms with Crippen LogP contribution in [0.1, 0.15) is 24.2 Å². The van der Waals surface area contributed by atoms with Gasteiger partial charge in [0.05, 0.1) is 25.5 Å². The normalized spacial score (nSPS) is 11.2. The van der Waals surface area contributed by atoms with E-state index in [1.54, 1.807) is 32.2 Å². The predicted molar refractivity (Wildman–Crippen MR) is 108 cm³/mol. The Kier molecular flexibility index (Phi) is 7.68. The lowest BCUT2D eigenvalue weighted by Gasteiger charge is -2.20. The number of pyridine rings is 1. The highest BCUT2D eigenvalue weighted by molar-refractivity contribution is 7.89. The number of sulfonamides is 1. The Bertz CT molecular complexity index is 960. The third-order valence-corrected chi connectivity index (χ3v) is 6.17. The lowest BCUT2D eigenvalue weighted by Crippen LogP contribution is -2.33. The van der Waals surface area contributed by atoms with Gasteiger partial charge in [-0.15, -0.1) is 0 Å². The van der Waals surface area contributed by atoms with Gasteiger partial charge in [0.15, 0.2) is 0 Å². The van der Waals surface area contributed by atoms with Gasteiger partial charge in [0, 0.05) is 24.8 Å². The van der Waals surface area contributed by atoms with E-state index in [-0.39, 0.29) is 35.8 Å². The van der Waals surface area contributed by atoms with Gasteiger partial charge < -0.3 is 15.4 Å². The third kappa shape index (κ3) is 5.52. The minimum absolute atomic E-state index is 0.101. The average Bonchev–Trinajstić information content (AvgIpc) is 2.73. The van der Waals surface area contributed by atoms with Crippen molar-refractivity contribution in [3.63, 3.8) is 0 Å². The summed E-state index contributed by atoms with van der Waals surface area (Å²) in [5, 5.41) is 5.07. The Morgan fingerprint density at radius 3 is 2.48 bits per heavy atom. The molecule has 2 N–H and O–H groups in total. The molecule has 156 valence electrons. The molecule has 0 spiro atoms. The highest BCUT2D eigenvalue weighted by atomic mass is 32.2. The first-order valence-electron chi connectivity index (χ1n) is 8.99. The van der Waals surface area contributed by atoms with Crippen molar-refractivity contribution in [3.05, 3.63) is 48.3 Å². The zero-order valence-electron chi connectivity index (χ0n) is 16.5. The minimum atomic E-state index is -3.83. The molecule has 0 bridgehead atoms. The predicted octanol–water partition coefficient (Wildman–Crippen LogP) is 1.49. The molecule has 29 heavy (non-hydrogen) atoms. The molecular formula is C19H24N4O5S. The molecular weight excluding hydrogens is 396 g/mol. The summed E-state index contributed by atoms with van der Waals surface area (Å²) in [6, 6.07) is 7.44. The lowest BCUT2D eigenvalue weighted by molar-refractivity contribution is -0.115. The molecule has 0 aliphatic heterocycles. The number of ether oxygens (including phenoxy) is 1. The molecule has 0 aliphatic rings. The molecule has 0 radical (unpaired) electrons. The van der Waals surface area contributed by atoms with Crippen LogP contribution in [0, 0.1) is 0 Å². The summed E-state index contributed by atoms with van der Waals surface area (Å²) in [6.07, 6.45) is 3.05. The number of hydrogen-bond donors (Lipinski definition) is 2. The summed E-state index contributed by atoms with van der Waals surface area (Å²) in [7, 11) is -2.47. The molecule has 9 nitrogen and oxygen atoms in total. The Balaban J connectivity index is 2.16. The highest BCUT2D eigenvalue weighted by Gasteiger charge is 2.26. The second-order valence-electron chi connectivity index (χ2n) is 5.93. The molecule has 0 unspecified atom stereocenters. The van der Waals surface area contributed by atoms with Crippen LogP contribution in [0.25, 0.3) is 0 Å². The number of aromatic nitrogens is 1. The van der Waals surface area contributed by atoms with Gasteiger partial charge in [-0.3, -0.25) is 14.6 Å². The number of amides is 2. The number of hydrogen-bond acceptors (Lipinski definition) is 6. The van der Waals surface area contributed by atoms with Crippen LogP contribution < -0.4 is 15.4 Å². The number of carbonyl (C=O) groups excluding carboxylic acids is 2. The molecule has 0 fully saturated rings. The molecule has 2 amide bonds. The number of rotatable bonds is 9. The van der Waals surface area contributed by atoms with Crippen LogP contribution in [0.5, 0.6) is 5.75 Å². The van der Waals surface area contributed by atoms with E-state index in [2.05, 4.69) is 15.6 Å². The summed E-state index contributed by atoms with van der Waals surface area (Å²) >= 11 is 0. The second kappa shape index (κ2) is 9.99. The summed E-state index contributed by atoms with van der Waals surface area (Å²) in [4.78, 5) is 28.2. The molecule has 1 aromatic heterocycles. The van der Waals surface area contributed by atoms with Crippen LogP contribution >= 0.6 is 0 Å². The molecule has 0 saturated carbocycles. The number of methoxy groups -OCH3 is 1. The van der Waals surface area contributed by atoms with E-state index >= 15 is 0 Å². The van der Waals surface area contributed by atoms with Gasteiger partial charge in [0.2, 0.25) is 15.9 Å². The van der Waals surface area contributed by atoms with Crippen molar-refractivity contribution < 1.29 is 22.7 Å². The zero-order valence-corrected chi connectivity index (χ0v) is 17.3. The fourth-order valence-corrected chi connectivity index (χ4v) is 4.27. The SMILES string of the molecule is CCN(CC)S(=O)(=O)c1cc(C(=O)NCC(=O)Nc2cccnc2)ccc1OC. The summed E-state index contributed by atoms with van der Waals surface area (Å²) in [6.45, 7) is 3.74. The van der Waals surface area contributed by atoms with E-state index in [1.165, 1.54) is 35.8 Å². The first kappa shape index (κ1) is 22.3. The first-order chi connectivity index (χ1) is 13.8. The lowest BCUT2D eigenvalue weighted by atomic mass is 10.2. The van der Waals surface area contributed by atoms with E-state index in [4.69, 9.17) is 4.74 Å². The largest absolute Gasteiger partial charge is 0.495 e. The Labute approximate surface area is 170 Å². The van der Waals surface area contributed by atoms with Gasteiger partial charge in [0.1, 0.15) is 10.6 Å². The number of nitrogens with one attached hydrogen (secondary N) is 2. The van der Waals surface area contributed by atoms with Gasteiger partial charge in [0.25, 0.3) is 5.91 Å². The van der Waals surface area contributed by atoms with E-state index in [0.29, 0.717) is 5.69 Å². The van der Waals surface area contributed by atoms with Crippen molar-refractivity contribution in [2.24, 2.45) is 0 Å². The fraction of sp³-hybridized carbons (Fsp3) is 0.316. The summed E-state index contributed by atoms with van der Waals surface area (Å²) in [5.41, 5.74) is 0.606. The second-order valence-corrected chi connectivity index (χ2v) is 7.83. The number of benzene rings is 1. The molecule has 2 rings (SSSR count). The molecule has 1 heterocycles. The third-order valence-electron chi connectivity index (χ3n) is 4.10. The first-order valence-corrected chi connectivity index (χ1v) is 10.4. The van der Waals surface area contributed by atoms with Crippen LogP contribution in [0.15, 0.2) is 47.6 Å². The maximum atomic E-state index is 12.9. The fourth-order valence-electron chi connectivity index (χ4n) is 2.63. The number of nitrogens with zero attached hydrogens (tertiary/aromatic N) is 2. The number of anilines is 1. The molecule has 10 heteroatoms. The van der Waals surface area contributed by atoms with Crippen molar-refractivity contribution >= 4 is 27.5 Å². The van der Waals surface area contributed by atoms with Gasteiger partial charge in [-0.25, -0.2) is 8.42 Å². The minimum Gasteiger partial charge on any atom is -0.495 e. The van der Waals surface area contributed by atoms with Crippen molar-refractivity contribution in [1.82, 2.24) is 14.6 Å². The Morgan fingerprint density at radius 2 is 1.90 bits per heavy atom. The molecule has 0 atom stereocenters. The average molecular weight is 420 g/mol. The van der Waals surface area contributed by atoms with Crippen molar-refractivity contribution in [1.29, 1.82) is 0 Å². The van der Waals surface area contributed by atoms with E-state index < -0.39 is 21.8 Å². The van der Waals surface area contributed by atoms with E-state index in [1.807, 2.05) is 0 Å². The number of carbonyl (C=O) groups is 2. The van der Waals surface area contributed by atoms with E-state index in [9.17, 15) is 18.0 Å². The van der Waals surface area contributed by atoms with Gasteiger partial charge in [-0.05, 0) is 30.3 Å². The molecule has 2 aromatic rings. The summed E-state index contributed by atoms with van der Waals surface area (Å²) in [5.74, 6) is -0.872. The van der Waals surface area contributed by atoms with Crippen LogP contribution in [0.3, 0.4) is 0 Å². The maximum Gasteiger partial charge on any atom is 0.251 e. The molecule has 0 saturated heterocycles. The summed E-state index contributed by atoms with van der Waals surface area (Å²) < 4.78 is 32.2. The van der Waals surface area contributed by atoms with Crippen LogP contribution in [0.2, 0.25) is 0 Å². The maximum absolute atomic E-state index is 12.9. The standard InChI is InChI=1S/C19H24N4O5S/c1-4-23(5-2)29(26,27)17-11-14(8-9-16(17)28-3)19(25)21-13-18(24)22-15-7-6-10-20-12-15/h6-12H,4-5,13H2,1-3H3,(H,21,25)(H,22,24). The van der Waals surface area contributed by atoms with Crippen molar-refractivity contribution in [3.8, 4) is 5.75 Å². The Morgan fingerprint density at radius 1 is 1.17 bits per heavy atom. The van der Waals surface area contributed by atoms with E-state index in [0.717, 1.165) is 0 Å². The van der Waals surface area contributed by atoms with Crippen LogP contribution in [0.4, 0.5) is 5.69 Å². The van der Waals surface area contributed by atoms with Crippen LogP contribution in [-0.4, -0.2) is 56.3 Å². The molecule has 1 aromatic carbocycles. The molecule has 0 aliphatic carbocycles. The smallest absolute Gasteiger partial charge is 0.251 e. The topological polar surface area (TPSA) is 118 Å². The quantitative estimate of drug-likeness (QED) is 0.635. The zero-order chi connectivity index (χ0) is 21.4. The van der Waals surface area contributed by atoms with Gasteiger partial charge in [-0.1, -0.05) is 13.8 Å². The van der Waals surface area contributed by atoms with Crippen LogP contribution in [-0.2, 0) is 14.8 Å². The van der Waals surface area contributed by atoms with Crippen molar-refractivity contribution in [2.75, 3.05) is 32.1 Å². The highest BCUT2D eigenvalue weighted by Crippen LogP contribution is 2.27. The monoisotopic (exact) mass is 420 g/mol.